The maximum absolute atomic E-state index is 13.2. The first-order valence-corrected chi connectivity index (χ1v) is 5.93. The van der Waals surface area contributed by atoms with Gasteiger partial charge in [-0.3, -0.25) is 0 Å². The van der Waals surface area contributed by atoms with Crippen LogP contribution in [0.5, 0.6) is 5.75 Å². The highest BCUT2D eigenvalue weighted by Gasteiger charge is 2.10. The van der Waals surface area contributed by atoms with E-state index in [-0.39, 0.29) is 5.82 Å². The van der Waals surface area contributed by atoms with Crippen molar-refractivity contribution in [1.82, 2.24) is 9.97 Å². The standard InChI is InChI=1S/C12H12BrFN2O/c1-7-15-10(12(13)16-7)6-8-5-9(14)3-4-11(8)17-2/h3-5H,6H2,1-2H3,(H,15,16). The molecule has 0 aliphatic rings. The Morgan fingerprint density at radius 2 is 2.24 bits per heavy atom. The molecule has 3 nitrogen and oxygen atoms in total. The third-order valence-electron chi connectivity index (χ3n) is 2.46. The number of aromatic nitrogens is 2. The smallest absolute Gasteiger partial charge is 0.127 e. The molecule has 1 heterocycles. The van der Waals surface area contributed by atoms with Crippen LogP contribution in [0, 0.1) is 12.7 Å². The van der Waals surface area contributed by atoms with Gasteiger partial charge in [0.1, 0.15) is 22.0 Å². The van der Waals surface area contributed by atoms with Gasteiger partial charge in [0.05, 0.1) is 12.8 Å². The Kier molecular flexibility index (Phi) is 3.47. The molecule has 0 saturated carbocycles. The molecule has 5 heteroatoms. The zero-order valence-electron chi connectivity index (χ0n) is 9.55. The highest BCUT2D eigenvalue weighted by atomic mass is 79.9. The fourth-order valence-electron chi connectivity index (χ4n) is 1.71. The highest BCUT2D eigenvalue weighted by molar-refractivity contribution is 9.10. The average molecular weight is 299 g/mol. The minimum atomic E-state index is -0.270. The van der Waals surface area contributed by atoms with Gasteiger partial charge in [-0.05, 0) is 41.1 Å². The number of nitrogens with zero attached hydrogens (tertiary/aromatic N) is 1. The van der Waals surface area contributed by atoms with E-state index < -0.39 is 0 Å². The van der Waals surface area contributed by atoms with E-state index in [1.54, 1.807) is 13.2 Å². The number of ether oxygens (including phenoxy) is 1. The first-order chi connectivity index (χ1) is 8.10. The van der Waals surface area contributed by atoms with Gasteiger partial charge in [0, 0.05) is 12.0 Å². The number of imidazole rings is 1. The van der Waals surface area contributed by atoms with E-state index in [0.717, 1.165) is 21.7 Å². The molecule has 0 aliphatic heterocycles. The molecular weight excluding hydrogens is 287 g/mol. The number of benzene rings is 1. The predicted molar refractivity (Wildman–Crippen MR) is 66.8 cm³/mol. The van der Waals surface area contributed by atoms with Gasteiger partial charge in [-0.25, -0.2) is 9.37 Å². The maximum Gasteiger partial charge on any atom is 0.127 e. The lowest BCUT2D eigenvalue weighted by Gasteiger charge is -2.07. The molecule has 0 amide bonds. The van der Waals surface area contributed by atoms with E-state index >= 15 is 0 Å². The quantitative estimate of drug-likeness (QED) is 0.945. The van der Waals surface area contributed by atoms with Crippen molar-refractivity contribution in [3.8, 4) is 5.75 Å². The molecule has 0 bridgehead atoms. The molecule has 0 aliphatic carbocycles. The number of hydrogen-bond acceptors (Lipinski definition) is 2. The summed E-state index contributed by atoms with van der Waals surface area (Å²) in [6.45, 7) is 1.87. The average Bonchev–Trinajstić information content (AvgIpc) is 2.58. The molecule has 0 spiro atoms. The van der Waals surface area contributed by atoms with Gasteiger partial charge in [-0.15, -0.1) is 0 Å². The van der Waals surface area contributed by atoms with Gasteiger partial charge in [-0.1, -0.05) is 0 Å². The van der Waals surface area contributed by atoms with Crippen LogP contribution in [0.15, 0.2) is 22.8 Å². The lowest BCUT2D eigenvalue weighted by molar-refractivity contribution is 0.409. The largest absolute Gasteiger partial charge is 0.496 e. The number of aromatic amines is 1. The fourth-order valence-corrected chi connectivity index (χ4v) is 2.21. The topological polar surface area (TPSA) is 37.9 Å². The maximum atomic E-state index is 13.2. The summed E-state index contributed by atoms with van der Waals surface area (Å²) in [7, 11) is 1.57. The van der Waals surface area contributed by atoms with Gasteiger partial charge in [-0.2, -0.15) is 0 Å². The molecule has 2 aromatic rings. The van der Waals surface area contributed by atoms with E-state index in [1.807, 2.05) is 6.92 Å². The zero-order valence-corrected chi connectivity index (χ0v) is 11.1. The minimum absolute atomic E-state index is 0.270. The van der Waals surface area contributed by atoms with E-state index in [0.29, 0.717) is 12.2 Å². The van der Waals surface area contributed by atoms with Crippen molar-refractivity contribution in [2.24, 2.45) is 0 Å². The number of aryl methyl sites for hydroxylation is 1. The third kappa shape index (κ3) is 2.66. The second-order valence-corrected chi connectivity index (χ2v) is 4.48. The molecule has 1 N–H and O–H groups in total. The van der Waals surface area contributed by atoms with Gasteiger partial charge in [0.25, 0.3) is 0 Å². The number of halogens is 2. The molecule has 0 fully saturated rings. The Labute approximate surface area is 107 Å². The summed E-state index contributed by atoms with van der Waals surface area (Å²) in [4.78, 5) is 7.34. The Morgan fingerprint density at radius 3 is 2.82 bits per heavy atom. The summed E-state index contributed by atoms with van der Waals surface area (Å²) in [5.74, 6) is 1.22. The van der Waals surface area contributed by atoms with Crippen molar-refractivity contribution >= 4 is 15.9 Å². The van der Waals surface area contributed by atoms with Gasteiger partial charge >= 0.3 is 0 Å². The van der Waals surface area contributed by atoms with Crippen LogP contribution in [-0.2, 0) is 6.42 Å². The molecule has 1 aromatic carbocycles. The van der Waals surface area contributed by atoms with Crippen molar-refractivity contribution in [1.29, 1.82) is 0 Å². The summed E-state index contributed by atoms with van der Waals surface area (Å²) in [6.07, 6.45) is 0.544. The Balaban J connectivity index is 2.35. The molecule has 0 saturated heterocycles. The van der Waals surface area contributed by atoms with Crippen LogP contribution in [0.1, 0.15) is 17.1 Å². The molecule has 17 heavy (non-hydrogen) atoms. The van der Waals surface area contributed by atoms with Crippen LogP contribution in [0.4, 0.5) is 4.39 Å². The van der Waals surface area contributed by atoms with E-state index in [1.165, 1.54) is 12.1 Å². The second-order valence-electron chi connectivity index (χ2n) is 3.72. The van der Waals surface area contributed by atoms with Gasteiger partial charge in [0.15, 0.2) is 0 Å². The van der Waals surface area contributed by atoms with Crippen LogP contribution < -0.4 is 4.74 Å². The Bertz CT molecular complexity index is 539. The molecule has 1 aromatic heterocycles. The lowest BCUT2D eigenvalue weighted by Crippen LogP contribution is -1.96. The number of H-pyrrole nitrogens is 1. The van der Waals surface area contributed by atoms with Crippen LogP contribution in [0.25, 0.3) is 0 Å². The van der Waals surface area contributed by atoms with Gasteiger partial charge < -0.3 is 9.72 Å². The van der Waals surface area contributed by atoms with Crippen LogP contribution in [0.3, 0.4) is 0 Å². The van der Waals surface area contributed by atoms with Crippen molar-refractivity contribution in [3.05, 3.63) is 45.7 Å². The molecule has 0 unspecified atom stereocenters. The lowest BCUT2D eigenvalue weighted by atomic mass is 10.1. The molecule has 90 valence electrons. The first-order valence-electron chi connectivity index (χ1n) is 5.13. The monoisotopic (exact) mass is 298 g/mol. The number of rotatable bonds is 3. The van der Waals surface area contributed by atoms with E-state index in [4.69, 9.17) is 4.74 Å². The number of methoxy groups -OCH3 is 1. The van der Waals surface area contributed by atoms with Crippen LogP contribution in [-0.4, -0.2) is 17.1 Å². The molecule has 0 radical (unpaired) electrons. The SMILES string of the molecule is COc1ccc(F)cc1Cc1[nH]c(C)nc1Br. The van der Waals surface area contributed by atoms with Crippen LogP contribution >= 0.6 is 15.9 Å². The second kappa shape index (κ2) is 4.87. The normalized spacial score (nSPS) is 10.6. The first kappa shape index (κ1) is 12.1. The zero-order chi connectivity index (χ0) is 12.4. The number of nitrogens with one attached hydrogen (secondary N) is 1. The summed E-state index contributed by atoms with van der Waals surface area (Å²) in [6, 6.07) is 4.48. The highest BCUT2D eigenvalue weighted by Crippen LogP contribution is 2.24. The Morgan fingerprint density at radius 1 is 1.47 bits per heavy atom. The predicted octanol–water partition coefficient (Wildman–Crippen LogP) is 3.22. The van der Waals surface area contributed by atoms with E-state index in [9.17, 15) is 4.39 Å². The molecular formula is C12H12BrFN2O. The van der Waals surface area contributed by atoms with Crippen molar-refractivity contribution in [2.45, 2.75) is 13.3 Å². The van der Waals surface area contributed by atoms with Gasteiger partial charge in [0.2, 0.25) is 0 Å². The van der Waals surface area contributed by atoms with Crippen LogP contribution in [0.2, 0.25) is 0 Å². The summed E-state index contributed by atoms with van der Waals surface area (Å²) >= 11 is 3.36. The van der Waals surface area contributed by atoms with Crippen molar-refractivity contribution in [2.75, 3.05) is 7.11 Å². The summed E-state index contributed by atoms with van der Waals surface area (Å²) in [5.41, 5.74) is 1.70. The summed E-state index contributed by atoms with van der Waals surface area (Å²) < 4.78 is 19.2. The van der Waals surface area contributed by atoms with E-state index in [2.05, 4.69) is 25.9 Å². The molecule has 0 atom stereocenters. The third-order valence-corrected chi connectivity index (χ3v) is 3.11. The van der Waals surface area contributed by atoms with Crippen molar-refractivity contribution in [3.63, 3.8) is 0 Å². The molecule has 2 rings (SSSR count). The Hall–Kier alpha value is -1.36. The van der Waals surface area contributed by atoms with Crippen molar-refractivity contribution < 1.29 is 9.13 Å². The fraction of sp³-hybridized carbons (Fsp3) is 0.250. The number of hydrogen-bond donors (Lipinski definition) is 1. The minimum Gasteiger partial charge on any atom is -0.496 e. The summed E-state index contributed by atoms with van der Waals surface area (Å²) in [5, 5.41) is 0.